The van der Waals surface area contributed by atoms with Crippen LogP contribution >= 0.6 is 0 Å². The third kappa shape index (κ3) is 6.05. The molecular formula is C20H21NO5. The number of Topliss-reactive ketones (excluding diaryl/α,β-unsaturated/α-hetero) is 1. The van der Waals surface area contributed by atoms with Crippen LogP contribution in [-0.4, -0.2) is 31.4 Å². The van der Waals surface area contributed by atoms with Crippen LogP contribution in [0.25, 0.3) is 0 Å². The molecule has 2 aromatic carbocycles. The molecule has 0 aliphatic heterocycles. The summed E-state index contributed by atoms with van der Waals surface area (Å²) in [6.07, 6.45) is -0.108. The molecule has 6 nitrogen and oxygen atoms in total. The maximum Gasteiger partial charge on any atom is 0.306 e. The summed E-state index contributed by atoms with van der Waals surface area (Å²) >= 11 is 0. The molecule has 0 unspecified atom stereocenters. The average Bonchev–Trinajstić information content (AvgIpc) is 2.66. The Bertz CT molecular complexity index is 783. The van der Waals surface area contributed by atoms with E-state index >= 15 is 0 Å². The second kappa shape index (κ2) is 9.36. The predicted molar refractivity (Wildman–Crippen MR) is 97.3 cm³/mol. The van der Waals surface area contributed by atoms with Gasteiger partial charge in [-0.25, -0.2) is 0 Å². The van der Waals surface area contributed by atoms with Gasteiger partial charge in [-0.2, -0.15) is 0 Å². The van der Waals surface area contributed by atoms with E-state index in [9.17, 15) is 14.4 Å². The third-order valence-corrected chi connectivity index (χ3v) is 3.65. The van der Waals surface area contributed by atoms with E-state index in [2.05, 4.69) is 5.32 Å². The molecule has 0 aromatic heterocycles. The number of carbonyl (C=O) groups excluding carboxylic acids is 3. The molecule has 0 radical (unpaired) electrons. The van der Waals surface area contributed by atoms with Crippen LogP contribution < -0.4 is 10.1 Å². The Hall–Kier alpha value is -3.15. The highest BCUT2D eigenvalue weighted by Gasteiger charge is 2.12. The van der Waals surface area contributed by atoms with Crippen molar-refractivity contribution in [2.45, 2.75) is 19.8 Å². The summed E-state index contributed by atoms with van der Waals surface area (Å²) in [5.74, 6) is -0.665. The molecule has 0 saturated heterocycles. The van der Waals surface area contributed by atoms with E-state index in [4.69, 9.17) is 9.47 Å². The fraction of sp³-hybridized carbons (Fsp3) is 0.250. The molecule has 2 rings (SSSR count). The van der Waals surface area contributed by atoms with Gasteiger partial charge in [0.05, 0.1) is 13.5 Å². The van der Waals surface area contributed by atoms with E-state index in [-0.39, 0.29) is 31.1 Å². The van der Waals surface area contributed by atoms with Crippen LogP contribution in [0.1, 0.15) is 28.8 Å². The van der Waals surface area contributed by atoms with Crippen LogP contribution in [0.3, 0.4) is 0 Å². The van der Waals surface area contributed by atoms with Crippen molar-refractivity contribution < 1.29 is 23.9 Å². The molecule has 2 aromatic rings. The second-order valence-corrected chi connectivity index (χ2v) is 5.73. The summed E-state index contributed by atoms with van der Waals surface area (Å²) in [5.41, 5.74) is 2.16. The fourth-order valence-electron chi connectivity index (χ4n) is 2.17. The first kappa shape index (κ1) is 19.2. The zero-order valence-electron chi connectivity index (χ0n) is 14.8. The Morgan fingerprint density at radius 2 is 1.73 bits per heavy atom. The molecule has 0 aliphatic carbocycles. The Labute approximate surface area is 152 Å². The minimum Gasteiger partial charge on any atom is -0.497 e. The lowest BCUT2D eigenvalue weighted by atomic mass is 10.1. The van der Waals surface area contributed by atoms with Crippen LogP contribution in [0.5, 0.6) is 5.75 Å². The van der Waals surface area contributed by atoms with Gasteiger partial charge < -0.3 is 14.8 Å². The molecule has 0 atom stereocenters. The number of ketones is 1. The topological polar surface area (TPSA) is 81.7 Å². The fourth-order valence-corrected chi connectivity index (χ4v) is 2.17. The first-order valence-electron chi connectivity index (χ1n) is 8.17. The molecule has 1 amide bonds. The Balaban J connectivity index is 1.73. The highest BCUT2D eigenvalue weighted by Crippen LogP contribution is 2.13. The highest BCUT2D eigenvalue weighted by atomic mass is 16.5. The standard InChI is InChI=1S/C20H21NO5/c1-14-6-8-16(9-7-14)21-19(23)10-11-20(24)26-13-18(22)15-4-3-5-17(12-15)25-2/h3-9,12H,10-11,13H2,1-2H3,(H,21,23). The number of rotatable bonds is 8. The SMILES string of the molecule is COc1cccc(C(=O)COC(=O)CCC(=O)Nc2ccc(C)cc2)c1. The second-order valence-electron chi connectivity index (χ2n) is 5.73. The molecule has 26 heavy (non-hydrogen) atoms. The van der Waals surface area contributed by atoms with Gasteiger partial charge in [-0.3, -0.25) is 14.4 Å². The van der Waals surface area contributed by atoms with Crippen LogP contribution in [0.4, 0.5) is 5.69 Å². The summed E-state index contributed by atoms with van der Waals surface area (Å²) in [5, 5.41) is 2.70. The summed E-state index contributed by atoms with van der Waals surface area (Å²) in [4.78, 5) is 35.6. The number of aryl methyl sites for hydroxylation is 1. The normalized spacial score (nSPS) is 10.1. The van der Waals surface area contributed by atoms with Crippen molar-refractivity contribution in [3.63, 3.8) is 0 Å². The molecule has 136 valence electrons. The predicted octanol–water partition coefficient (Wildman–Crippen LogP) is 3.15. The third-order valence-electron chi connectivity index (χ3n) is 3.65. The quantitative estimate of drug-likeness (QED) is 0.581. The van der Waals surface area contributed by atoms with Crippen molar-refractivity contribution in [1.29, 1.82) is 0 Å². The summed E-state index contributed by atoms with van der Waals surface area (Å²) in [7, 11) is 1.51. The van der Waals surface area contributed by atoms with Crippen LogP contribution in [0.15, 0.2) is 48.5 Å². The maximum absolute atomic E-state index is 12.0. The van der Waals surface area contributed by atoms with Crippen molar-refractivity contribution in [3.8, 4) is 5.75 Å². The molecule has 0 heterocycles. The first-order chi connectivity index (χ1) is 12.5. The number of esters is 1. The first-order valence-corrected chi connectivity index (χ1v) is 8.17. The van der Waals surface area contributed by atoms with E-state index in [1.807, 2.05) is 19.1 Å². The molecular weight excluding hydrogens is 334 g/mol. The molecule has 0 saturated carbocycles. The van der Waals surface area contributed by atoms with Gasteiger partial charge in [0.25, 0.3) is 0 Å². The summed E-state index contributed by atoms with van der Waals surface area (Å²) < 4.78 is 9.99. The van der Waals surface area contributed by atoms with Crippen molar-refractivity contribution >= 4 is 23.3 Å². The van der Waals surface area contributed by atoms with Gasteiger partial charge in [0.1, 0.15) is 5.75 Å². The number of benzene rings is 2. The van der Waals surface area contributed by atoms with Gasteiger partial charge in [0, 0.05) is 17.7 Å². The zero-order chi connectivity index (χ0) is 18.9. The number of ether oxygens (including phenoxy) is 2. The molecule has 0 aliphatic rings. The van der Waals surface area contributed by atoms with Gasteiger partial charge in [-0.1, -0.05) is 29.8 Å². The van der Waals surface area contributed by atoms with Gasteiger partial charge >= 0.3 is 5.97 Å². The highest BCUT2D eigenvalue weighted by molar-refractivity contribution is 5.98. The number of anilines is 1. The number of nitrogens with one attached hydrogen (secondary N) is 1. The summed E-state index contributed by atoms with van der Waals surface area (Å²) in [6.45, 7) is 1.58. The Morgan fingerprint density at radius 1 is 1.00 bits per heavy atom. The largest absolute Gasteiger partial charge is 0.497 e. The lowest BCUT2D eigenvalue weighted by Crippen LogP contribution is -2.17. The molecule has 0 fully saturated rings. The van der Waals surface area contributed by atoms with Crippen molar-refractivity contribution in [1.82, 2.24) is 0 Å². The van der Waals surface area contributed by atoms with Gasteiger partial charge in [0.15, 0.2) is 12.4 Å². The minimum atomic E-state index is -0.597. The van der Waals surface area contributed by atoms with Crippen molar-refractivity contribution in [2.24, 2.45) is 0 Å². The van der Waals surface area contributed by atoms with E-state index in [0.29, 0.717) is 17.0 Å². The number of hydrogen-bond acceptors (Lipinski definition) is 5. The monoisotopic (exact) mass is 355 g/mol. The Morgan fingerprint density at radius 3 is 2.42 bits per heavy atom. The van der Waals surface area contributed by atoms with E-state index in [1.165, 1.54) is 7.11 Å². The van der Waals surface area contributed by atoms with E-state index in [0.717, 1.165) is 5.56 Å². The van der Waals surface area contributed by atoms with Gasteiger partial charge in [-0.05, 0) is 31.2 Å². The van der Waals surface area contributed by atoms with Gasteiger partial charge in [0.2, 0.25) is 5.91 Å². The van der Waals surface area contributed by atoms with Crippen LogP contribution in [0.2, 0.25) is 0 Å². The number of amides is 1. The van der Waals surface area contributed by atoms with Crippen LogP contribution in [-0.2, 0) is 14.3 Å². The van der Waals surface area contributed by atoms with E-state index < -0.39 is 5.97 Å². The average molecular weight is 355 g/mol. The van der Waals surface area contributed by atoms with Crippen molar-refractivity contribution in [3.05, 3.63) is 59.7 Å². The Kier molecular flexibility index (Phi) is 6.91. The number of carbonyl (C=O) groups is 3. The number of methoxy groups -OCH3 is 1. The molecule has 1 N–H and O–H groups in total. The molecule has 0 bridgehead atoms. The van der Waals surface area contributed by atoms with E-state index in [1.54, 1.807) is 36.4 Å². The lowest BCUT2D eigenvalue weighted by molar-refractivity contribution is -0.143. The van der Waals surface area contributed by atoms with Gasteiger partial charge in [-0.15, -0.1) is 0 Å². The lowest BCUT2D eigenvalue weighted by Gasteiger charge is -2.07. The molecule has 6 heteroatoms. The van der Waals surface area contributed by atoms with Crippen LogP contribution in [0, 0.1) is 6.92 Å². The summed E-state index contributed by atoms with van der Waals surface area (Å²) in [6, 6.07) is 13.9. The smallest absolute Gasteiger partial charge is 0.306 e. The zero-order valence-corrected chi connectivity index (χ0v) is 14.8. The number of hydrogen-bond donors (Lipinski definition) is 1. The minimum absolute atomic E-state index is 0.0138. The molecule has 0 spiro atoms. The van der Waals surface area contributed by atoms with Crippen molar-refractivity contribution in [2.75, 3.05) is 19.0 Å². The maximum atomic E-state index is 12.0.